The lowest BCUT2D eigenvalue weighted by Gasteiger charge is -2.33. The molecule has 7 nitrogen and oxygen atoms in total. The minimum Gasteiger partial charge on any atom is -0.493 e. The van der Waals surface area contributed by atoms with Gasteiger partial charge in [-0.1, -0.05) is 25.3 Å². The summed E-state index contributed by atoms with van der Waals surface area (Å²) in [5, 5.41) is 0.977. The van der Waals surface area contributed by atoms with Crippen LogP contribution in [0.15, 0.2) is 18.2 Å². The molecule has 0 amide bonds. The van der Waals surface area contributed by atoms with E-state index < -0.39 is 21.3 Å². The van der Waals surface area contributed by atoms with Crippen molar-refractivity contribution in [1.82, 2.24) is 9.37 Å². The molecule has 3 rings (SSSR count). The Morgan fingerprint density at radius 1 is 1.11 bits per heavy atom. The van der Waals surface area contributed by atoms with Crippen molar-refractivity contribution in [3.05, 3.63) is 23.8 Å². The van der Waals surface area contributed by atoms with Crippen molar-refractivity contribution in [2.75, 3.05) is 34.9 Å². The molecule has 8 heteroatoms. The van der Waals surface area contributed by atoms with Gasteiger partial charge in [-0.3, -0.25) is 4.84 Å². The van der Waals surface area contributed by atoms with Gasteiger partial charge < -0.3 is 9.47 Å². The van der Waals surface area contributed by atoms with E-state index >= 15 is 0 Å². The molecule has 2 aliphatic rings. The van der Waals surface area contributed by atoms with Gasteiger partial charge in [-0.15, -0.1) is 0 Å². The van der Waals surface area contributed by atoms with Gasteiger partial charge in [0, 0.05) is 20.1 Å². The lowest BCUT2D eigenvalue weighted by atomic mass is 9.96. The zero-order valence-corrected chi connectivity index (χ0v) is 17.4. The maximum Gasteiger partial charge on any atom is 0.221 e. The molecule has 2 atom stereocenters. The molecule has 27 heavy (non-hydrogen) atoms. The fourth-order valence-electron chi connectivity index (χ4n) is 4.17. The zero-order valence-electron chi connectivity index (χ0n) is 16.6. The molecule has 152 valence electrons. The van der Waals surface area contributed by atoms with Gasteiger partial charge in [0.1, 0.15) is 5.25 Å². The minimum absolute atomic E-state index is 0.0840. The van der Waals surface area contributed by atoms with E-state index in [1.807, 2.05) is 12.1 Å². The third-order valence-electron chi connectivity index (χ3n) is 5.81. The van der Waals surface area contributed by atoms with Gasteiger partial charge in [-0.05, 0) is 30.5 Å². The van der Waals surface area contributed by atoms with Crippen molar-refractivity contribution in [2.24, 2.45) is 0 Å². The third kappa shape index (κ3) is 3.94. The van der Waals surface area contributed by atoms with Gasteiger partial charge in [-0.25, -0.2) is 12.7 Å². The Morgan fingerprint density at radius 3 is 2.41 bits per heavy atom. The molecule has 1 aromatic rings. The number of rotatable bonds is 6. The van der Waals surface area contributed by atoms with Gasteiger partial charge in [0.25, 0.3) is 0 Å². The van der Waals surface area contributed by atoms with Gasteiger partial charge in [0.2, 0.25) is 10.0 Å². The van der Waals surface area contributed by atoms with E-state index in [0.717, 1.165) is 31.2 Å². The van der Waals surface area contributed by atoms with Crippen LogP contribution in [-0.2, 0) is 14.9 Å². The van der Waals surface area contributed by atoms with E-state index in [2.05, 4.69) is 0 Å². The summed E-state index contributed by atoms with van der Waals surface area (Å²) in [7, 11) is 3.13. The molecule has 0 aromatic heterocycles. The monoisotopic (exact) mass is 398 g/mol. The summed E-state index contributed by atoms with van der Waals surface area (Å²) in [6, 6.07) is 5.19. The molecule has 0 bridgehead atoms. The Balaban J connectivity index is 1.90. The summed E-state index contributed by atoms with van der Waals surface area (Å²) in [4.78, 5) is 5.64. The van der Waals surface area contributed by atoms with Crippen LogP contribution in [0.1, 0.15) is 43.7 Å². The third-order valence-corrected chi connectivity index (χ3v) is 8.07. The highest BCUT2D eigenvalue weighted by Gasteiger charge is 2.46. The first-order chi connectivity index (χ1) is 12.9. The molecule has 1 aromatic carbocycles. The second-order valence-corrected chi connectivity index (χ2v) is 9.50. The number of hydrogen-bond donors (Lipinski definition) is 0. The zero-order chi connectivity index (χ0) is 19.6. The lowest BCUT2D eigenvalue weighted by Crippen LogP contribution is -2.45. The van der Waals surface area contributed by atoms with E-state index in [4.69, 9.17) is 14.3 Å². The number of methoxy groups -OCH3 is 2. The Morgan fingerprint density at radius 2 is 1.78 bits per heavy atom. The van der Waals surface area contributed by atoms with Gasteiger partial charge in [0.15, 0.2) is 11.5 Å². The van der Waals surface area contributed by atoms with Crippen molar-refractivity contribution >= 4 is 10.0 Å². The molecular weight excluding hydrogens is 368 g/mol. The summed E-state index contributed by atoms with van der Waals surface area (Å²) in [5.74, 6) is 1.19. The van der Waals surface area contributed by atoms with Crippen molar-refractivity contribution in [3.63, 3.8) is 0 Å². The summed E-state index contributed by atoms with van der Waals surface area (Å²) in [6.07, 6.45) is 5.23. The maximum absolute atomic E-state index is 13.4. The average Bonchev–Trinajstić information content (AvgIpc) is 3.09. The number of nitrogens with zero attached hydrogens (tertiary/aromatic N) is 2. The topological polar surface area (TPSA) is 68.3 Å². The number of benzene rings is 1. The predicted octanol–water partition coefficient (Wildman–Crippen LogP) is 2.58. The number of ether oxygens (including phenoxy) is 2. The van der Waals surface area contributed by atoms with Crippen LogP contribution in [0.3, 0.4) is 0 Å². The quantitative estimate of drug-likeness (QED) is 0.734. The fourth-order valence-corrected chi connectivity index (χ4v) is 6.11. The number of hydroxylamine groups is 2. The van der Waals surface area contributed by atoms with E-state index in [0.29, 0.717) is 11.5 Å². The summed E-state index contributed by atoms with van der Waals surface area (Å²) in [5.41, 5.74) is 0.832. The molecule has 1 heterocycles. The van der Waals surface area contributed by atoms with Crippen LogP contribution >= 0.6 is 0 Å². The minimum atomic E-state index is -3.51. The maximum atomic E-state index is 13.4. The first-order valence-electron chi connectivity index (χ1n) is 9.44. The summed E-state index contributed by atoms with van der Waals surface area (Å²) in [6.45, 7) is 0.148. The van der Waals surface area contributed by atoms with Crippen LogP contribution in [0.4, 0.5) is 0 Å². The van der Waals surface area contributed by atoms with E-state index in [1.54, 1.807) is 43.7 Å². The normalized spacial score (nSPS) is 25.1. The average molecular weight is 399 g/mol. The van der Waals surface area contributed by atoms with E-state index in [-0.39, 0.29) is 12.6 Å². The van der Waals surface area contributed by atoms with Crippen LogP contribution in [0.2, 0.25) is 0 Å². The highest BCUT2D eigenvalue weighted by Crippen LogP contribution is 2.39. The second-order valence-electron chi connectivity index (χ2n) is 7.29. The van der Waals surface area contributed by atoms with Crippen LogP contribution in [0.25, 0.3) is 0 Å². The number of sulfonamides is 1. The van der Waals surface area contributed by atoms with Crippen molar-refractivity contribution in [3.8, 4) is 11.5 Å². The Bertz CT molecular complexity index is 748. The molecule has 1 saturated carbocycles. The molecule has 2 fully saturated rings. The highest BCUT2D eigenvalue weighted by atomic mass is 32.2. The second kappa shape index (κ2) is 8.34. The molecule has 1 saturated heterocycles. The lowest BCUT2D eigenvalue weighted by molar-refractivity contribution is -0.110. The van der Waals surface area contributed by atoms with Crippen molar-refractivity contribution in [2.45, 2.75) is 49.4 Å². The predicted molar refractivity (Wildman–Crippen MR) is 103 cm³/mol. The molecular formula is C19H30N2O5S. The molecule has 0 N–H and O–H groups in total. The largest absolute Gasteiger partial charge is 0.493 e. The Labute approximate surface area is 162 Å². The Kier molecular flexibility index (Phi) is 6.30. The van der Waals surface area contributed by atoms with Gasteiger partial charge in [-0.2, -0.15) is 5.06 Å². The molecule has 0 radical (unpaired) electrons. The first kappa shape index (κ1) is 20.4. The fraction of sp³-hybridized carbons (Fsp3) is 0.684. The van der Waals surface area contributed by atoms with Crippen molar-refractivity contribution in [1.29, 1.82) is 0 Å². The summed E-state index contributed by atoms with van der Waals surface area (Å²) < 4.78 is 39.1. The molecule has 0 unspecified atom stereocenters. The van der Waals surface area contributed by atoms with Crippen molar-refractivity contribution < 1.29 is 22.7 Å². The smallest absolute Gasteiger partial charge is 0.221 e. The van der Waals surface area contributed by atoms with Crippen LogP contribution in [0.5, 0.6) is 11.5 Å². The number of hydrogen-bond acceptors (Lipinski definition) is 6. The summed E-state index contributed by atoms with van der Waals surface area (Å²) >= 11 is 0. The van der Waals surface area contributed by atoms with Crippen LogP contribution in [-0.4, -0.2) is 64.0 Å². The van der Waals surface area contributed by atoms with Gasteiger partial charge >= 0.3 is 0 Å². The molecule has 1 aliphatic carbocycles. The van der Waals surface area contributed by atoms with E-state index in [9.17, 15) is 8.42 Å². The van der Waals surface area contributed by atoms with Gasteiger partial charge in [0.05, 0.1) is 26.9 Å². The Hall–Kier alpha value is -1.35. The standard InChI is InChI=1S/C19H30N2O5S/c1-20-19(14-10-11-16(24-3)17(12-14)25-4)18(13-26-20)27(22,23)21(2)15-8-6-5-7-9-15/h10-12,15,18-19H,5-9,13H2,1-4H3/t18-,19-/m0/s1. The van der Waals surface area contributed by atoms with Crippen LogP contribution in [0, 0.1) is 0 Å². The molecule has 0 spiro atoms. The van der Waals surface area contributed by atoms with Crippen LogP contribution < -0.4 is 9.47 Å². The van der Waals surface area contributed by atoms with E-state index in [1.165, 1.54) is 6.42 Å². The highest BCUT2D eigenvalue weighted by molar-refractivity contribution is 7.89. The SMILES string of the molecule is COc1ccc([C@H]2[C@@H](S(=O)(=O)N(C)C3CCCCC3)CON2C)cc1OC. The first-order valence-corrected chi connectivity index (χ1v) is 10.9. The molecule has 1 aliphatic heterocycles.